The van der Waals surface area contributed by atoms with Crippen molar-refractivity contribution in [2.75, 3.05) is 0 Å². The Morgan fingerprint density at radius 2 is 0.672 bits per heavy atom. The van der Waals surface area contributed by atoms with Crippen molar-refractivity contribution in [2.45, 2.75) is 0 Å². The van der Waals surface area contributed by atoms with Crippen LogP contribution in [0.2, 0.25) is 0 Å². The molecule has 0 spiro atoms. The summed E-state index contributed by atoms with van der Waals surface area (Å²) in [5.74, 6) is 0. The highest BCUT2D eigenvalue weighted by Gasteiger charge is 2.21. The standard InChI is InChI=1S/C60H35N3S/c1-6-16-52-42(11-1)48-31-37(24-29-56(48)61(52)40-26-21-36(22-27-40)39-23-28-47-46-15-5-10-20-58(46)64-59(47)33-39)38-25-30-57-49(32-38)43-12-2-7-17-53(43)62(57)41-34-50-44-13-3-8-18-54(44)63-55-19-9-4-14-45(55)51(35-41)60(50)63/h1-35H. The van der Waals surface area contributed by atoms with E-state index < -0.39 is 0 Å². The fourth-order valence-corrected chi connectivity index (χ4v) is 12.3. The molecule has 0 N–H and O–H groups in total. The van der Waals surface area contributed by atoms with Crippen LogP contribution in [0.5, 0.6) is 0 Å². The highest BCUT2D eigenvalue weighted by atomic mass is 32.1. The molecule has 15 aromatic rings. The molecule has 0 aliphatic rings. The Bertz CT molecular complexity index is 4340. The summed E-state index contributed by atoms with van der Waals surface area (Å²) in [4.78, 5) is 0. The third-order valence-corrected chi connectivity index (χ3v) is 15.1. The Hall–Kier alpha value is -8.18. The molecule has 0 unspecified atom stereocenters. The highest BCUT2D eigenvalue weighted by Crippen LogP contribution is 2.44. The van der Waals surface area contributed by atoms with E-state index in [4.69, 9.17) is 0 Å². The third kappa shape index (κ3) is 4.64. The topological polar surface area (TPSA) is 14.3 Å². The van der Waals surface area contributed by atoms with E-state index >= 15 is 0 Å². The van der Waals surface area contributed by atoms with Crippen molar-refractivity contribution >= 4 is 113 Å². The number of rotatable bonds is 4. The van der Waals surface area contributed by atoms with Crippen LogP contribution in [0.1, 0.15) is 0 Å². The number of nitrogens with zero attached hydrogens (tertiary/aromatic N) is 3. The fourth-order valence-electron chi connectivity index (χ4n) is 11.1. The van der Waals surface area contributed by atoms with Crippen LogP contribution in [0, 0.1) is 0 Å². The average Bonchev–Trinajstić information content (AvgIpc) is 4.15. The van der Waals surface area contributed by atoms with Crippen molar-refractivity contribution < 1.29 is 0 Å². The summed E-state index contributed by atoms with van der Waals surface area (Å²) in [6.07, 6.45) is 0. The molecule has 3 nitrogen and oxygen atoms in total. The van der Waals surface area contributed by atoms with Gasteiger partial charge in [0.05, 0.1) is 38.6 Å². The predicted octanol–water partition coefficient (Wildman–Crippen LogP) is 16.7. The second-order valence-electron chi connectivity index (χ2n) is 17.3. The van der Waals surface area contributed by atoms with Gasteiger partial charge in [0.25, 0.3) is 0 Å². The second kappa shape index (κ2) is 12.7. The maximum atomic E-state index is 2.47. The summed E-state index contributed by atoms with van der Waals surface area (Å²) in [7, 11) is 0. The number of para-hydroxylation sites is 4. The molecule has 0 amide bonds. The van der Waals surface area contributed by atoms with E-state index in [0.717, 1.165) is 5.69 Å². The van der Waals surface area contributed by atoms with Crippen LogP contribution >= 0.6 is 11.3 Å². The highest BCUT2D eigenvalue weighted by molar-refractivity contribution is 7.25. The lowest BCUT2D eigenvalue weighted by Crippen LogP contribution is -1.94. The van der Waals surface area contributed by atoms with Crippen molar-refractivity contribution in [3.63, 3.8) is 0 Å². The first-order valence-corrected chi connectivity index (χ1v) is 22.8. The van der Waals surface area contributed by atoms with Gasteiger partial charge in [0.1, 0.15) is 0 Å². The van der Waals surface area contributed by atoms with Crippen molar-refractivity contribution in [2.24, 2.45) is 0 Å². The molecular formula is C60H35N3S. The third-order valence-electron chi connectivity index (χ3n) is 14.0. The van der Waals surface area contributed by atoms with Crippen LogP contribution in [-0.4, -0.2) is 13.5 Å². The molecule has 0 atom stereocenters. The maximum absolute atomic E-state index is 2.47. The lowest BCUT2D eigenvalue weighted by molar-refractivity contribution is 1.18. The van der Waals surface area contributed by atoms with Gasteiger partial charge in [-0.05, 0) is 107 Å². The zero-order valence-electron chi connectivity index (χ0n) is 34.5. The fraction of sp³-hybridized carbons (Fsp3) is 0. The first-order valence-electron chi connectivity index (χ1n) is 22.0. The van der Waals surface area contributed by atoms with Crippen molar-refractivity contribution in [1.82, 2.24) is 13.5 Å². The Morgan fingerprint density at radius 3 is 1.27 bits per heavy atom. The molecule has 4 heteroatoms. The molecule has 5 aromatic heterocycles. The molecule has 0 aliphatic carbocycles. The van der Waals surface area contributed by atoms with Gasteiger partial charge in [-0.3, -0.25) is 0 Å². The van der Waals surface area contributed by atoms with Crippen LogP contribution in [-0.2, 0) is 0 Å². The Morgan fingerprint density at radius 1 is 0.250 bits per heavy atom. The van der Waals surface area contributed by atoms with Crippen molar-refractivity contribution in [3.8, 4) is 33.6 Å². The summed E-state index contributed by atoms with van der Waals surface area (Å²) in [6, 6.07) is 79.0. The van der Waals surface area contributed by atoms with Crippen molar-refractivity contribution in [3.05, 3.63) is 212 Å². The minimum atomic E-state index is 1.16. The molecule has 0 saturated carbocycles. The lowest BCUT2D eigenvalue weighted by atomic mass is 10.0. The first kappa shape index (κ1) is 34.4. The molecule has 64 heavy (non-hydrogen) atoms. The molecule has 0 bridgehead atoms. The van der Waals surface area contributed by atoms with Gasteiger partial charge in [0, 0.05) is 74.6 Å². The van der Waals surface area contributed by atoms with Gasteiger partial charge in [-0.1, -0.05) is 127 Å². The number of thiophene rings is 1. The van der Waals surface area contributed by atoms with Crippen LogP contribution in [0.25, 0.3) is 136 Å². The Labute approximate surface area is 370 Å². The molecule has 0 radical (unpaired) electrons. The van der Waals surface area contributed by atoms with E-state index in [9.17, 15) is 0 Å². The normalized spacial score (nSPS) is 12.4. The monoisotopic (exact) mass is 829 g/mol. The largest absolute Gasteiger partial charge is 0.309 e. The van der Waals surface area contributed by atoms with Crippen LogP contribution in [0.15, 0.2) is 212 Å². The smallest absolute Gasteiger partial charge is 0.0622 e. The quantitative estimate of drug-likeness (QED) is 0.168. The Balaban J connectivity index is 0.858. The molecule has 0 fully saturated rings. The lowest BCUT2D eigenvalue weighted by Gasteiger charge is -2.11. The number of hydrogen-bond donors (Lipinski definition) is 0. The minimum Gasteiger partial charge on any atom is -0.309 e. The molecule has 5 heterocycles. The van der Waals surface area contributed by atoms with Gasteiger partial charge in [0.15, 0.2) is 0 Å². The van der Waals surface area contributed by atoms with E-state index in [1.165, 1.54) is 130 Å². The van der Waals surface area contributed by atoms with Gasteiger partial charge < -0.3 is 13.5 Å². The van der Waals surface area contributed by atoms with Gasteiger partial charge in [-0.15, -0.1) is 11.3 Å². The molecule has 296 valence electrons. The molecule has 0 aliphatic heterocycles. The van der Waals surface area contributed by atoms with E-state index in [1.807, 2.05) is 11.3 Å². The zero-order chi connectivity index (χ0) is 41.6. The Kier molecular flexibility index (Phi) is 6.83. The molecule has 15 rings (SSSR count). The van der Waals surface area contributed by atoms with Gasteiger partial charge in [-0.2, -0.15) is 0 Å². The first-order chi connectivity index (χ1) is 31.7. The number of hydrogen-bond acceptors (Lipinski definition) is 1. The van der Waals surface area contributed by atoms with E-state index in [2.05, 4.69) is 226 Å². The van der Waals surface area contributed by atoms with Crippen LogP contribution in [0.4, 0.5) is 0 Å². The summed E-state index contributed by atoms with van der Waals surface area (Å²) < 4.78 is 10.0. The van der Waals surface area contributed by atoms with Gasteiger partial charge >= 0.3 is 0 Å². The van der Waals surface area contributed by atoms with Gasteiger partial charge in [0.2, 0.25) is 0 Å². The number of benzene rings is 10. The summed E-state index contributed by atoms with van der Waals surface area (Å²) >= 11 is 1.87. The molecule has 10 aromatic carbocycles. The second-order valence-corrected chi connectivity index (χ2v) is 18.4. The SMILES string of the molecule is c1ccc2c(c1)sc1cc(-c3ccc(-n4c5ccccc5c5cc(-c6ccc7c(c6)c6ccccc6n7-c6cc7c8ccccc8n8c9ccccc9c(c6)c78)ccc54)cc3)ccc12. The molecular weight excluding hydrogens is 795 g/mol. The minimum absolute atomic E-state index is 1.16. The van der Waals surface area contributed by atoms with Crippen LogP contribution in [0.3, 0.4) is 0 Å². The zero-order valence-corrected chi connectivity index (χ0v) is 35.3. The van der Waals surface area contributed by atoms with E-state index in [1.54, 1.807) is 0 Å². The maximum Gasteiger partial charge on any atom is 0.0622 e. The number of fused-ring (bicyclic) bond motifs is 15. The molecule has 0 saturated heterocycles. The summed E-state index contributed by atoms with van der Waals surface area (Å²) in [6.45, 7) is 0. The number of aromatic nitrogens is 3. The summed E-state index contributed by atoms with van der Waals surface area (Å²) in [5, 5.41) is 12.8. The van der Waals surface area contributed by atoms with Crippen LogP contribution < -0.4 is 0 Å². The predicted molar refractivity (Wildman–Crippen MR) is 274 cm³/mol. The van der Waals surface area contributed by atoms with E-state index in [0.29, 0.717) is 0 Å². The average molecular weight is 830 g/mol. The van der Waals surface area contributed by atoms with Gasteiger partial charge in [-0.25, -0.2) is 0 Å². The van der Waals surface area contributed by atoms with E-state index in [-0.39, 0.29) is 0 Å². The van der Waals surface area contributed by atoms with Crippen molar-refractivity contribution in [1.29, 1.82) is 0 Å². The summed E-state index contributed by atoms with van der Waals surface area (Å²) in [5.41, 5.74) is 15.8.